The smallest absolute Gasteiger partial charge is 0.293 e. The number of Topliss-reactive ketones (excluding diaryl/α,β-unsaturated/α-hetero) is 1. The monoisotopic (exact) mass is 350 g/mol. The molecule has 1 amide bonds. The molecule has 2 N–H and O–H groups in total. The lowest BCUT2D eigenvalue weighted by molar-refractivity contribution is -0.116. The molecule has 5 nitrogen and oxygen atoms in total. The molecule has 1 aromatic heterocycles. The maximum absolute atomic E-state index is 13.3. The molecular weight excluding hydrogens is 335 g/mol. The molecule has 130 valence electrons. The summed E-state index contributed by atoms with van der Waals surface area (Å²) < 4.78 is 18.5. The molecule has 0 saturated heterocycles. The van der Waals surface area contributed by atoms with Crippen molar-refractivity contribution in [2.75, 3.05) is 13.2 Å². The van der Waals surface area contributed by atoms with E-state index in [2.05, 4.69) is 22.1 Å². The van der Waals surface area contributed by atoms with Crippen LogP contribution in [0.15, 0.2) is 54.7 Å². The number of ketones is 1. The number of carbonyl (C=O) groups is 2. The molecule has 3 aromatic rings. The highest BCUT2D eigenvalue weighted by molar-refractivity contribution is 6.45. The van der Waals surface area contributed by atoms with Crippen molar-refractivity contribution >= 4 is 22.6 Å². The van der Waals surface area contributed by atoms with E-state index in [9.17, 15) is 14.0 Å². The molecule has 26 heavy (non-hydrogen) atoms. The number of aromatic nitrogens is 1. The molecule has 6 heteroatoms. The first-order chi connectivity index (χ1) is 12.7. The van der Waals surface area contributed by atoms with E-state index in [1.54, 1.807) is 24.3 Å². The van der Waals surface area contributed by atoms with Gasteiger partial charge < -0.3 is 15.0 Å². The fraction of sp³-hybridized carbons (Fsp3) is 0.100. The first-order valence-corrected chi connectivity index (χ1v) is 7.88. The lowest BCUT2D eigenvalue weighted by atomic mass is 10.1. The van der Waals surface area contributed by atoms with E-state index < -0.39 is 17.5 Å². The quantitative estimate of drug-likeness (QED) is 0.422. The zero-order valence-corrected chi connectivity index (χ0v) is 13.7. The fourth-order valence-corrected chi connectivity index (χ4v) is 2.38. The molecular formula is C20H15FN2O3. The minimum absolute atomic E-state index is 0.00639. The third-order valence-corrected chi connectivity index (χ3v) is 3.64. The lowest BCUT2D eigenvalue weighted by Crippen LogP contribution is -2.31. The number of nitrogens with one attached hydrogen (secondary N) is 2. The number of halogens is 1. The molecule has 1 heterocycles. The van der Waals surface area contributed by atoms with Gasteiger partial charge in [-0.15, -0.1) is 0 Å². The zero-order chi connectivity index (χ0) is 18.4. The third kappa shape index (κ3) is 3.90. The standard InChI is InChI=1S/C20H15FN2O3/c21-16-8-2-4-10-18(16)26-12-6-5-11-22-20(25)19(24)15-13-23-17-9-3-1-7-14(15)17/h1-4,7-10,13,23H,11-12H2,(H,22,25). The number of benzene rings is 2. The molecule has 0 radical (unpaired) electrons. The van der Waals surface area contributed by atoms with E-state index in [1.807, 2.05) is 12.1 Å². The number of carbonyl (C=O) groups excluding carboxylic acids is 2. The second-order valence-corrected chi connectivity index (χ2v) is 5.33. The van der Waals surface area contributed by atoms with Crippen molar-refractivity contribution in [3.05, 3.63) is 66.1 Å². The van der Waals surface area contributed by atoms with Gasteiger partial charge in [-0.3, -0.25) is 9.59 Å². The summed E-state index contributed by atoms with van der Waals surface area (Å²) in [6.45, 7) is -0.0270. The van der Waals surface area contributed by atoms with Gasteiger partial charge in [0, 0.05) is 17.1 Å². The van der Waals surface area contributed by atoms with Crippen molar-refractivity contribution in [2.45, 2.75) is 0 Å². The van der Waals surface area contributed by atoms with Crippen molar-refractivity contribution in [3.63, 3.8) is 0 Å². The molecule has 0 bridgehead atoms. The largest absolute Gasteiger partial charge is 0.478 e. The summed E-state index contributed by atoms with van der Waals surface area (Å²) in [4.78, 5) is 27.1. The maximum Gasteiger partial charge on any atom is 0.293 e. The van der Waals surface area contributed by atoms with E-state index in [-0.39, 0.29) is 18.9 Å². The Morgan fingerprint density at radius 2 is 1.85 bits per heavy atom. The van der Waals surface area contributed by atoms with Gasteiger partial charge in [-0.25, -0.2) is 4.39 Å². The minimum Gasteiger partial charge on any atom is -0.478 e. The van der Waals surface area contributed by atoms with Crippen LogP contribution in [0, 0.1) is 17.7 Å². The summed E-state index contributed by atoms with van der Waals surface area (Å²) in [5.74, 6) is 3.58. The minimum atomic E-state index is -0.737. The molecule has 0 saturated carbocycles. The number of fused-ring (bicyclic) bond motifs is 1. The van der Waals surface area contributed by atoms with Crippen LogP contribution in [-0.4, -0.2) is 29.8 Å². The molecule has 0 spiro atoms. The summed E-state index contributed by atoms with van der Waals surface area (Å²) in [6, 6.07) is 13.2. The van der Waals surface area contributed by atoms with E-state index >= 15 is 0 Å². The molecule has 0 aliphatic heterocycles. The number of hydrogen-bond donors (Lipinski definition) is 2. The van der Waals surface area contributed by atoms with Crippen molar-refractivity contribution < 1.29 is 18.7 Å². The van der Waals surface area contributed by atoms with Crippen LogP contribution < -0.4 is 10.1 Å². The Kier molecular flexibility index (Phi) is 5.30. The Labute approximate surface area is 149 Å². The van der Waals surface area contributed by atoms with Crippen molar-refractivity contribution in [3.8, 4) is 17.6 Å². The van der Waals surface area contributed by atoms with Crippen LogP contribution in [0.2, 0.25) is 0 Å². The number of aromatic amines is 1. The van der Waals surface area contributed by atoms with Crippen LogP contribution in [0.25, 0.3) is 10.9 Å². The van der Waals surface area contributed by atoms with Crippen LogP contribution >= 0.6 is 0 Å². The number of rotatable bonds is 5. The molecule has 0 aliphatic rings. The normalized spacial score (nSPS) is 10.0. The van der Waals surface area contributed by atoms with Gasteiger partial charge in [0.05, 0.1) is 12.1 Å². The highest BCUT2D eigenvalue weighted by Gasteiger charge is 2.18. The number of para-hydroxylation sites is 2. The molecule has 0 atom stereocenters. The lowest BCUT2D eigenvalue weighted by Gasteiger charge is -2.02. The predicted octanol–water partition coefficient (Wildman–Crippen LogP) is 2.69. The Bertz CT molecular complexity index is 1010. The summed E-state index contributed by atoms with van der Waals surface area (Å²) in [5, 5.41) is 3.13. The first-order valence-electron chi connectivity index (χ1n) is 7.88. The van der Waals surface area contributed by atoms with Crippen LogP contribution in [-0.2, 0) is 4.79 Å². The summed E-state index contributed by atoms with van der Waals surface area (Å²) in [5.41, 5.74) is 1.10. The predicted molar refractivity (Wildman–Crippen MR) is 95.3 cm³/mol. The van der Waals surface area contributed by atoms with Crippen LogP contribution in [0.4, 0.5) is 4.39 Å². The first kappa shape index (κ1) is 17.2. The SMILES string of the molecule is O=C(NCC#CCOc1ccccc1F)C(=O)c1c[nH]c2ccccc12. The van der Waals surface area contributed by atoms with Gasteiger partial charge in [-0.2, -0.15) is 0 Å². The van der Waals surface area contributed by atoms with Crippen LogP contribution in [0.5, 0.6) is 5.75 Å². The second kappa shape index (κ2) is 7.99. The van der Waals surface area contributed by atoms with Gasteiger partial charge in [-0.05, 0) is 18.2 Å². The van der Waals surface area contributed by atoms with Crippen LogP contribution in [0.3, 0.4) is 0 Å². The summed E-state index contributed by atoms with van der Waals surface area (Å²) >= 11 is 0. The van der Waals surface area contributed by atoms with Crippen molar-refractivity contribution in [1.82, 2.24) is 10.3 Å². The van der Waals surface area contributed by atoms with E-state index in [1.165, 1.54) is 18.3 Å². The highest BCUT2D eigenvalue weighted by atomic mass is 19.1. The van der Waals surface area contributed by atoms with Gasteiger partial charge in [0.25, 0.3) is 11.7 Å². The Hall–Kier alpha value is -3.59. The third-order valence-electron chi connectivity index (χ3n) is 3.64. The topological polar surface area (TPSA) is 71.2 Å². The number of hydrogen-bond acceptors (Lipinski definition) is 3. The second-order valence-electron chi connectivity index (χ2n) is 5.33. The molecule has 0 unspecified atom stereocenters. The maximum atomic E-state index is 13.3. The van der Waals surface area contributed by atoms with E-state index in [0.717, 1.165) is 5.52 Å². The Morgan fingerprint density at radius 3 is 2.69 bits per heavy atom. The van der Waals surface area contributed by atoms with Gasteiger partial charge in [0.15, 0.2) is 11.6 Å². The van der Waals surface area contributed by atoms with Crippen LogP contribution in [0.1, 0.15) is 10.4 Å². The Morgan fingerprint density at radius 1 is 1.08 bits per heavy atom. The van der Waals surface area contributed by atoms with Crippen molar-refractivity contribution in [1.29, 1.82) is 0 Å². The van der Waals surface area contributed by atoms with Gasteiger partial charge in [-0.1, -0.05) is 42.2 Å². The fourth-order valence-electron chi connectivity index (χ4n) is 2.38. The molecule has 3 rings (SSSR count). The number of H-pyrrole nitrogens is 1. The van der Waals surface area contributed by atoms with Gasteiger partial charge in [0.2, 0.25) is 0 Å². The average Bonchev–Trinajstić information content (AvgIpc) is 3.09. The molecule has 2 aromatic carbocycles. The summed E-state index contributed by atoms with van der Waals surface area (Å²) in [7, 11) is 0. The summed E-state index contributed by atoms with van der Waals surface area (Å²) in [6.07, 6.45) is 1.51. The number of amides is 1. The Balaban J connectivity index is 1.50. The molecule has 0 fully saturated rings. The van der Waals surface area contributed by atoms with Gasteiger partial charge >= 0.3 is 0 Å². The van der Waals surface area contributed by atoms with Crippen molar-refractivity contribution in [2.24, 2.45) is 0 Å². The molecule has 0 aliphatic carbocycles. The average molecular weight is 350 g/mol. The number of ether oxygens (including phenoxy) is 1. The highest BCUT2D eigenvalue weighted by Crippen LogP contribution is 2.18. The van der Waals surface area contributed by atoms with E-state index in [0.29, 0.717) is 10.9 Å². The van der Waals surface area contributed by atoms with Gasteiger partial charge in [0.1, 0.15) is 6.61 Å². The zero-order valence-electron chi connectivity index (χ0n) is 13.7. The van der Waals surface area contributed by atoms with E-state index in [4.69, 9.17) is 4.74 Å².